The number of halogens is 2. The number of nitrogens with one attached hydrogen (secondary N) is 1. The largest absolute Gasteiger partial charge is 0.497 e. The molecule has 7 nitrogen and oxygen atoms in total. The molecular weight excluding hydrogens is 526 g/mol. The van der Waals surface area contributed by atoms with Gasteiger partial charge in [0, 0.05) is 13.1 Å². The van der Waals surface area contributed by atoms with Crippen molar-refractivity contribution < 1.29 is 28.8 Å². The van der Waals surface area contributed by atoms with Crippen molar-refractivity contribution in [3.63, 3.8) is 0 Å². The van der Waals surface area contributed by atoms with Crippen LogP contribution in [0.1, 0.15) is 22.8 Å². The number of ether oxygens (including phenoxy) is 5. The molecule has 1 unspecified atom stereocenters. The van der Waals surface area contributed by atoms with Crippen LogP contribution in [0, 0.1) is 0 Å². The van der Waals surface area contributed by atoms with E-state index in [4.69, 9.17) is 23.7 Å². The number of benzene rings is 3. The van der Waals surface area contributed by atoms with Gasteiger partial charge < -0.3 is 34.1 Å². The van der Waals surface area contributed by atoms with Crippen molar-refractivity contribution in [2.75, 3.05) is 27.6 Å². The van der Waals surface area contributed by atoms with E-state index in [9.17, 15) is 5.11 Å². The van der Waals surface area contributed by atoms with Crippen LogP contribution in [0.3, 0.4) is 0 Å². The highest BCUT2D eigenvalue weighted by atomic mass is 79.9. The second kappa shape index (κ2) is 12.2. The molecule has 0 spiro atoms. The summed E-state index contributed by atoms with van der Waals surface area (Å²) in [6.45, 7) is 1.63. The molecule has 0 saturated heterocycles. The van der Waals surface area contributed by atoms with Crippen LogP contribution >= 0.6 is 28.3 Å². The maximum Gasteiger partial charge on any atom is 0.231 e. The summed E-state index contributed by atoms with van der Waals surface area (Å²) in [6.07, 6.45) is -0.832. The van der Waals surface area contributed by atoms with Gasteiger partial charge >= 0.3 is 0 Å². The van der Waals surface area contributed by atoms with Crippen LogP contribution in [0.5, 0.6) is 28.7 Å². The molecule has 0 amide bonds. The summed E-state index contributed by atoms with van der Waals surface area (Å²) < 4.78 is 28.1. The maximum atomic E-state index is 10.6. The molecule has 0 radical (unpaired) electrons. The molecule has 1 aliphatic heterocycles. The molecule has 0 fully saturated rings. The summed E-state index contributed by atoms with van der Waals surface area (Å²) >= 11 is 3.57. The van der Waals surface area contributed by atoms with Crippen molar-refractivity contribution in [3.8, 4) is 28.7 Å². The number of rotatable bonds is 10. The molecule has 1 aliphatic rings. The first kappa shape index (κ1) is 26.0. The summed E-state index contributed by atoms with van der Waals surface area (Å²) in [5.74, 6) is 3.26. The van der Waals surface area contributed by atoms with Crippen LogP contribution in [0.2, 0.25) is 0 Å². The Morgan fingerprint density at radius 1 is 0.941 bits per heavy atom. The lowest BCUT2D eigenvalue weighted by Crippen LogP contribution is -2.13. The minimum absolute atomic E-state index is 0. The lowest BCUT2D eigenvalue weighted by molar-refractivity contribution is 0.105. The zero-order valence-electron chi connectivity index (χ0n) is 18.9. The third-order valence-corrected chi connectivity index (χ3v) is 5.86. The Balaban J connectivity index is 0.00000324. The fourth-order valence-electron chi connectivity index (χ4n) is 3.49. The third kappa shape index (κ3) is 6.27. The lowest BCUT2D eigenvalue weighted by atomic mass is 10.1. The van der Waals surface area contributed by atoms with E-state index in [-0.39, 0.29) is 25.8 Å². The van der Waals surface area contributed by atoms with Gasteiger partial charge in [-0.3, -0.25) is 0 Å². The fraction of sp³-hybridized carbons (Fsp3) is 0.280. The number of fused-ring (bicyclic) bond motifs is 1. The highest BCUT2D eigenvalue weighted by molar-refractivity contribution is 9.10. The van der Waals surface area contributed by atoms with Gasteiger partial charge in [-0.1, -0.05) is 18.2 Å². The van der Waals surface area contributed by atoms with Crippen LogP contribution in [-0.2, 0) is 13.1 Å². The van der Waals surface area contributed by atoms with Crippen molar-refractivity contribution in [2.45, 2.75) is 19.2 Å². The molecule has 4 rings (SSSR count). The molecule has 3 aromatic rings. The van der Waals surface area contributed by atoms with Gasteiger partial charge in [0.05, 0.1) is 18.7 Å². The highest BCUT2D eigenvalue weighted by Gasteiger charge is 2.19. The zero-order chi connectivity index (χ0) is 23.2. The molecule has 9 heteroatoms. The minimum Gasteiger partial charge on any atom is -0.497 e. The Hall–Kier alpha value is -2.65. The zero-order valence-corrected chi connectivity index (χ0v) is 21.3. The van der Waals surface area contributed by atoms with E-state index < -0.39 is 6.10 Å². The second-order valence-corrected chi connectivity index (χ2v) is 8.35. The van der Waals surface area contributed by atoms with Gasteiger partial charge in [0.25, 0.3) is 0 Å². The molecule has 2 N–H and O–H groups in total. The number of hydrogen-bond donors (Lipinski definition) is 2. The predicted molar refractivity (Wildman–Crippen MR) is 134 cm³/mol. The molecule has 3 aromatic carbocycles. The van der Waals surface area contributed by atoms with Gasteiger partial charge in [0.1, 0.15) is 18.5 Å². The molecule has 34 heavy (non-hydrogen) atoms. The minimum atomic E-state index is -0.832. The van der Waals surface area contributed by atoms with Gasteiger partial charge in [-0.05, 0) is 69.0 Å². The monoisotopic (exact) mass is 551 g/mol. The summed E-state index contributed by atoms with van der Waals surface area (Å²) in [7, 11) is 3.25. The smallest absolute Gasteiger partial charge is 0.231 e. The van der Waals surface area contributed by atoms with E-state index in [1.54, 1.807) is 32.4 Å². The first-order valence-corrected chi connectivity index (χ1v) is 11.3. The Labute approximate surface area is 213 Å². The predicted octanol–water partition coefficient (Wildman–Crippen LogP) is 5.02. The number of methoxy groups -OCH3 is 2. The molecule has 182 valence electrons. The summed E-state index contributed by atoms with van der Waals surface area (Å²) in [6, 6.07) is 17.2. The number of hydrogen-bond acceptors (Lipinski definition) is 7. The Morgan fingerprint density at radius 2 is 1.68 bits per heavy atom. The maximum absolute atomic E-state index is 10.6. The van der Waals surface area contributed by atoms with Gasteiger partial charge in [-0.2, -0.15) is 0 Å². The summed E-state index contributed by atoms with van der Waals surface area (Å²) in [4.78, 5) is 0. The SMILES string of the molecule is COc1ccc(CNCc2cc(Br)c(OCC(O)c3ccc4c(c3)OCO4)c(OC)c2)cc1.Cl. The van der Waals surface area contributed by atoms with E-state index in [1.165, 1.54) is 5.56 Å². The van der Waals surface area contributed by atoms with Crippen molar-refractivity contribution in [3.05, 3.63) is 75.8 Å². The van der Waals surface area contributed by atoms with Crippen LogP contribution < -0.4 is 29.0 Å². The quantitative estimate of drug-likeness (QED) is 0.366. The van der Waals surface area contributed by atoms with Gasteiger partial charge in [0.2, 0.25) is 6.79 Å². The molecule has 0 aromatic heterocycles. The van der Waals surface area contributed by atoms with Gasteiger partial charge in [0.15, 0.2) is 23.0 Å². The molecular formula is C25H27BrClNO6. The van der Waals surface area contributed by atoms with E-state index in [0.29, 0.717) is 35.1 Å². The molecule has 0 aliphatic carbocycles. The van der Waals surface area contributed by atoms with Crippen molar-refractivity contribution in [1.82, 2.24) is 5.32 Å². The molecule has 1 atom stereocenters. The van der Waals surface area contributed by atoms with E-state index in [0.717, 1.165) is 22.3 Å². The van der Waals surface area contributed by atoms with Gasteiger partial charge in [-0.25, -0.2) is 0 Å². The fourth-order valence-corrected chi connectivity index (χ4v) is 4.09. The second-order valence-electron chi connectivity index (χ2n) is 7.50. The summed E-state index contributed by atoms with van der Waals surface area (Å²) in [5.41, 5.74) is 2.89. The van der Waals surface area contributed by atoms with Crippen LogP contribution in [-0.4, -0.2) is 32.7 Å². The van der Waals surface area contributed by atoms with Crippen molar-refractivity contribution in [2.24, 2.45) is 0 Å². The molecule has 0 bridgehead atoms. The third-order valence-electron chi connectivity index (χ3n) is 5.27. The van der Waals surface area contributed by atoms with E-state index in [2.05, 4.69) is 21.2 Å². The van der Waals surface area contributed by atoms with Crippen molar-refractivity contribution in [1.29, 1.82) is 0 Å². The van der Waals surface area contributed by atoms with Crippen molar-refractivity contribution >= 4 is 28.3 Å². The van der Waals surface area contributed by atoms with Gasteiger partial charge in [-0.15, -0.1) is 12.4 Å². The standard InChI is InChI=1S/C25H26BrNO6.ClH/c1-29-19-6-3-16(4-7-19)12-27-13-17-9-20(26)25(24(10-17)30-2)31-14-21(28)18-5-8-22-23(11-18)33-15-32-22;/h3-11,21,27-28H,12-15H2,1-2H3;1H. The van der Waals surface area contributed by atoms with Crippen LogP contribution in [0.25, 0.3) is 0 Å². The number of aliphatic hydroxyl groups is 1. The van der Waals surface area contributed by atoms with Crippen LogP contribution in [0.4, 0.5) is 0 Å². The van der Waals surface area contributed by atoms with Crippen LogP contribution in [0.15, 0.2) is 59.1 Å². The average Bonchev–Trinajstić information content (AvgIpc) is 3.31. The summed E-state index contributed by atoms with van der Waals surface area (Å²) in [5, 5.41) is 14.0. The highest BCUT2D eigenvalue weighted by Crippen LogP contribution is 2.38. The first-order chi connectivity index (χ1) is 16.1. The first-order valence-electron chi connectivity index (χ1n) is 10.5. The molecule has 1 heterocycles. The Kier molecular flexibility index (Phi) is 9.29. The average molecular weight is 553 g/mol. The normalized spacial score (nSPS) is 12.6. The topological polar surface area (TPSA) is 78.4 Å². The van der Waals surface area contributed by atoms with E-state index in [1.807, 2.05) is 36.4 Å². The van der Waals surface area contributed by atoms with E-state index >= 15 is 0 Å². The molecule has 0 saturated carbocycles. The Bertz CT molecular complexity index is 1100. The number of aliphatic hydroxyl groups excluding tert-OH is 1. The lowest BCUT2D eigenvalue weighted by Gasteiger charge is -2.17. The Morgan fingerprint density at radius 3 is 2.41 bits per heavy atom.